The Morgan fingerprint density at radius 2 is 1.86 bits per heavy atom. The van der Waals surface area contributed by atoms with Gasteiger partial charge in [-0.25, -0.2) is 0 Å². The lowest BCUT2D eigenvalue weighted by molar-refractivity contribution is 0.101. The first kappa shape index (κ1) is 19.0. The second-order valence-electron chi connectivity index (χ2n) is 6.79. The molecule has 0 aromatic heterocycles. The van der Waals surface area contributed by atoms with Gasteiger partial charge in [0.1, 0.15) is 18.1 Å². The van der Waals surface area contributed by atoms with Crippen molar-refractivity contribution in [1.82, 2.24) is 0 Å². The highest BCUT2D eigenvalue weighted by atomic mass is 35.5. The average molecular weight is 403 g/mol. The number of hydrogen-bond acceptors (Lipinski definition) is 3. The number of rotatable bonds is 5. The highest BCUT2D eigenvalue weighted by molar-refractivity contribution is 6.30. The number of fused-ring (bicyclic) bond motifs is 1. The summed E-state index contributed by atoms with van der Waals surface area (Å²) < 4.78 is 11.9. The van der Waals surface area contributed by atoms with Crippen LogP contribution in [0.4, 0.5) is 0 Å². The molecule has 29 heavy (non-hydrogen) atoms. The molecule has 0 atom stereocenters. The minimum atomic E-state index is -0.144. The zero-order chi connectivity index (χ0) is 20.4. The van der Waals surface area contributed by atoms with Gasteiger partial charge in [-0.2, -0.15) is 0 Å². The van der Waals surface area contributed by atoms with E-state index in [4.69, 9.17) is 21.1 Å². The van der Waals surface area contributed by atoms with Gasteiger partial charge in [0.2, 0.25) is 5.78 Å². The van der Waals surface area contributed by atoms with Crippen LogP contribution in [0.25, 0.3) is 12.2 Å². The average Bonchev–Trinajstić information content (AvgIpc) is 3.04. The third-order valence-corrected chi connectivity index (χ3v) is 5.03. The predicted molar refractivity (Wildman–Crippen MR) is 116 cm³/mol. The molecule has 144 valence electrons. The van der Waals surface area contributed by atoms with Gasteiger partial charge in [-0.1, -0.05) is 60.7 Å². The molecule has 0 saturated heterocycles. The van der Waals surface area contributed by atoms with Gasteiger partial charge >= 0.3 is 0 Å². The molecule has 0 spiro atoms. The highest BCUT2D eigenvalue weighted by Gasteiger charge is 2.30. The number of ether oxygens (including phenoxy) is 2. The summed E-state index contributed by atoms with van der Waals surface area (Å²) in [6.45, 7) is 6.08. The van der Waals surface area contributed by atoms with Crippen LogP contribution in [0.15, 0.2) is 73.0 Å². The fourth-order valence-corrected chi connectivity index (χ4v) is 3.38. The molecule has 0 fully saturated rings. The van der Waals surface area contributed by atoms with Gasteiger partial charge in [-0.05, 0) is 54.0 Å². The standard InChI is InChI=1S/C25H19ClO3/c1-3-17-7-9-18(10-8-17)15-28-22-12-11-21-24(27)23(29-25(21)16(22)2)14-19-5-4-6-20(26)13-19/h3-14H,1,15H2,2H3/b23-14-. The molecule has 1 aliphatic rings. The minimum Gasteiger partial charge on any atom is -0.488 e. The van der Waals surface area contributed by atoms with Crippen molar-refractivity contribution in [2.45, 2.75) is 13.5 Å². The Balaban J connectivity index is 1.55. The van der Waals surface area contributed by atoms with Crippen molar-refractivity contribution >= 4 is 29.5 Å². The Labute approximate surface area is 174 Å². The number of hydrogen-bond donors (Lipinski definition) is 0. The summed E-state index contributed by atoms with van der Waals surface area (Å²) in [7, 11) is 0. The molecule has 3 aromatic rings. The lowest BCUT2D eigenvalue weighted by atomic mass is 10.1. The molecule has 0 saturated carbocycles. The summed E-state index contributed by atoms with van der Waals surface area (Å²) in [6, 6.07) is 18.8. The van der Waals surface area contributed by atoms with Crippen LogP contribution in [0.1, 0.15) is 32.6 Å². The topological polar surface area (TPSA) is 35.5 Å². The summed E-state index contributed by atoms with van der Waals surface area (Å²) in [6.07, 6.45) is 3.51. The third kappa shape index (κ3) is 3.96. The summed E-state index contributed by atoms with van der Waals surface area (Å²) in [5.41, 5.74) is 4.26. The van der Waals surface area contributed by atoms with Crippen LogP contribution < -0.4 is 9.47 Å². The number of benzene rings is 3. The Bertz CT molecular complexity index is 1130. The van der Waals surface area contributed by atoms with Gasteiger partial charge in [-0.15, -0.1) is 0 Å². The fourth-order valence-electron chi connectivity index (χ4n) is 3.18. The van der Waals surface area contributed by atoms with Crippen molar-refractivity contribution in [3.05, 3.63) is 106 Å². The van der Waals surface area contributed by atoms with E-state index in [0.29, 0.717) is 28.7 Å². The number of carbonyl (C=O) groups excluding carboxylic acids is 1. The van der Waals surface area contributed by atoms with E-state index in [0.717, 1.165) is 22.3 Å². The smallest absolute Gasteiger partial charge is 0.231 e. The van der Waals surface area contributed by atoms with Gasteiger partial charge in [0.05, 0.1) is 5.56 Å². The second-order valence-corrected chi connectivity index (χ2v) is 7.23. The molecule has 0 bridgehead atoms. The summed E-state index contributed by atoms with van der Waals surface area (Å²) in [5, 5.41) is 0.607. The third-order valence-electron chi connectivity index (χ3n) is 4.79. The number of ketones is 1. The molecular weight excluding hydrogens is 384 g/mol. The van der Waals surface area contributed by atoms with Crippen molar-refractivity contribution in [3.8, 4) is 11.5 Å². The van der Waals surface area contributed by atoms with E-state index < -0.39 is 0 Å². The van der Waals surface area contributed by atoms with Crippen molar-refractivity contribution in [2.75, 3.05) is 0 Å². The van der Waals surface area contributed by atoms with E-state index in [1.54, 1.807) is 30.4 Å². The van der Waals surface area contributed by atoms with E-state index in [-0.39, 0.29) is 11.5 Å². The molecule has 0 amide bonds. The van der Waals surface area contributed by atoms with Crippen LogP contribution in [-0.2, 0) is 6.61 Å². The fraction of sp³-hybridized carbons (Fsp3) is 0.0800. The maximum absolute atomic E-state index is 12.7. The zero-order valence-corrected chi connectivity index (χ0v) is 16.7. The molecule has 0 aliphatic carbocycles. The lowest BCUT2D eigenvalue weighted by Crippen LogP contribution is -1.98. The summed E-state index contributed by atoms with van der Waals surface area (Å²) >= 11 is 6.03. The van der Waals surface area contributed by atoms with Gasteiger partial charge in [0.15, 0.2) is 5.76 Å². The maximum Gasteiger partial charge on any atom is 0.231 e. The first-order valence-corrected chi connectivity index (χ1v) is 9.60. The van der Waals surface area contributed by atoms with Crippen molar-refractivity contribution < 1.29 is 14.3 Å². The Morgan fingerprint density at radius 3 is 2.59 bits per heavy atom. The van der Waals surface area contributed by atoms with Crippen LogP contribution in [0.3, 0.4) is 0 Å². The summed E-state index contributed by atoms with van der Waals surface area (Å²) in [4.78, 5) is 12.7. The molecule has 3 aromatic carbocycles. The molecule has 0 unspecified atom stereocenters. The Hall–Kier alpha value is -3.30. The molecule has 4 rings (SSSR count). The lowest BCUT2D eigenvalue weighted by Gasteiger charge is -2.11. The SMILES string of the molecule is C=Cc1ccc(COc2ccc3c(c2C)O/C(=C\c2cccc(Cl)c2)C3=O)cc1. The van der Waals surface area contributed by atoms with Crippen molar-refractivity contribution in [3.63, 3.8) is 0 Å². The highest BCUT2D eigenvalue weighted by Crippen LogP contribution is 2.39. The minimum absolute atomic E-state index is 0.144. The largest absolute Gasteiger partial charge is 0.488 e. The number of allylic oxidation sites excluding steroid dienone is 1. The first-order chi connectivity index (χ1) is 14.0. The van der Waals surface area contributed by atoms with Crippen LogP contribution >= 0.6 is 11.6 Å². The van der Waals surface area contributed by atoms with Crippen LogP contribution in [0, 0.1) is 6.92 Å². The monoisotopic (exact) mass is 402 g/mol. The normalized spacial score (nSPS) is 13.9. The van der Waals surface area contributed by atoms with Crippen LogP contribution in [0.5, 0.6) is 11.5 Å². The molecular formula is C25H19ClO3. The van der Waals surface area contributed by atoms with Crippen molar-refractivity contribution in [2.24, 2.45) is 0 Å². The maximum atomic E-state index is 12.7. The number of carbonyl (C=O) groups is 1. The van der Waals surface area contributed by atoms with E-state index >= 15 is 0 Å². The second kappa shape index (κ2) is 7.98. The van der Waals surface area contributed by atoms with Gasteiger partial charge in [-0.3, -0.25) is 4.79 Å². The molecule has 3 nitrogen and oxygen atoms in total. The van der Waals surface area contributed by atoms with Crippen molar-refractivity contribution in [1.29, 1.82) is 0 Å². The Kier molecular flexibility index (Phi) is 5.24. The molecule has 4 heteroatoms. The van der Waals surface area contributed by atoms with E-state index in [1.165, 1.54) is 0 Å². The van der Waals surface area contributed by atoms with Gasteiger partial charge < -0.3 is 9.47 Å². The van der Waals surface area contributed by atoms with Crippen LogP contribution in [-0.4, -0.2) is 5.78 Å². The molecule has 0 N–H and O–H groups in total. The summed E-state index contributed by atoms with van der Waals surface area (Å²) in [5.74, 6) is 1.37. The van der Waals surface area contributed by atoms with E-state index in [9.17, 15) is 4.79 Å². The molecule has 0 radical (unpaired) electrons. The first-order valence-electron chi connectivity index (χ1n) is 9.23. The van der Waals surface area contributed by atoms with Crippen LogP contribution in [0.2, 0.25) is 5.02 Å². The number of halogens is 1. The zero-order valence-electron chi connectivity index (χ0n) is 15.9. The number of Topliss-reactive ketones (excluding diaryl/α,β-unsaturated/α-hetero) is 1. The van der Waals surface area contributed by atoms with Gasteiger partial charge in [0, 0.05) is 10.6 Å². The van der Waals surface area contributed by atoms with Gasteiger partial charge in [0.25, 0.3) is 0 Å². The van der Waals surface area contributed by atoms with E-state index in [2.05, 4.69) is 6.58 Å². The van der Waals surface area contributed by atoms with E-state index in [1.807, 2.05) is 49.4 Å². The Morgan fingerprint density at radius 1 is 1.07 bits per heavy atom. The quantitative estimate of drug-likeness (QED) is 0.458. The molecule has 1 aliphatic heterocycles. The molecule has 1 heterocycles. The predicted octanol–water partition coefficient (Wildman–Crippen LogP) is 6.49.